The molecule has 0 saturated carbocycles. The van der Waals surface area contributed by atoms with Crippen molar-refractivity contribution < 1.29 is 15.6 Å². The first kappa shape index (κ1) is 10.9. The molecule has 0 aliphatic carbocycles. The first-order valence-electron chi connectivity index (χ1n) is 5.00. The fraction of sp³-hybridized carbons (Fsp3) is 0. The Labute approximate surface area is 103 Å². The van der Waals surface area contributed by atoms with Gasteiger partial charge in [0.1, 0.15) is 0 Å². The summed E-state index contributed by atoms with van der Waals surface area (Å²) < 4.78 is 2.73. The van der Waals surface area contributed by atoms with E-state index < -0.39 is 0 Å². The van der Waals surface area contributed by atoms with Gasteiger partial charge in [-0.1, -0.05) is 0 Å². The summed E-state index contributed by atoms with van der Waals surface area (Å²) in [6.45, 7) is 0. The van der Waals surface area contributed by atoms with Gasteiger partial charge in [0.25, 0.3) is 0 Å². The standard InChI is InChI=1S/C15H10.Fe/c1-2-15(13-9-5-3-6-10-13)14-11-7-4-8-12-14;/h3-12H;/q;+1. The zero-order chi connectivity index (χ0) is 11.2. The number of benzene rings is 2. The van der Waals surface area contributed by atoms with Gasteiger partial charge in [-0.15, -0.1) is 0 Å². The summed E-state index contributed by atoms with van der Waals surface area (Å²) in [6.07, 6.45) is 0. The Morgan fingerprint density at radius 3 is 1.56 bits per heavy atom. The van der Waals surface area contributed by atoms with Crippen LogP contribution in [0, 0.1) is 0 Å². The summed E-state index contributed by atoms with van der Waals surface area (Å²) in [5.41, 5.74) is 6.35. The number of hydrogen-bond acceptors (Lipinski definition) is 0. The van der Waals surface area contributed by atoms with E-state index in [-0.39, 0.29) is 0 Å². The van der Waals surface area contributed by atoms with Gasteiger partial charge in [-0.25, -0.2) is 0 Å². The van der Waals surface area contributed by atoms with Crippen molar-refractivity contribution in [1.29, 1.82) is 0 Å². The van der Waals surface area contributed by atoms with E-state index in [0.29, 0.717) is 0 Å². The van der Waals surface area contributed by atoms with Crippen LogP contribution in [0.25, 0.3) is 5.57 Å². The van der Waals surface area contributed by atoms with Crippen molar-refractivity contribution in [3.05, 3.63) is 77.5 Å². The molecule has 0 fully saturated rings. The molecule has 0 aromatic heterocycles. The molecule has 0 heterocycles. The fourth-order valence-electron chi connectivity index (χ4n) is 1.56. The van der Waals surface area contributed by atoms with E-state index in [1.807, 2.05) is 36.4 Å². The Bertz CT molecular complexity index is 501. The quantitative estimate of drug-likeness (QED) is 0.563. The van der Waals surface area contributed by atoms with Gasteiger partial charge >= 0.3 is 103 Å². The second-order valence-electron chi connectivity index (χ2n) is 3.32. The van der Waals surface area contributed by atoms with Crippen LogP contribution in [-0.2, 0) is 15.6 Å². The van der Waals surface area contributed by atoms with E-state index in [1.165, 1.54) is 0 Å². The van der Waals surface area contributed by atoms with E-state index in [9.17, 15) is 0 Å². The van der Waals surface area contributed by atoms with Gasteiger partial charge in [0, 0.05) is 0 Å². The molecular formula is C15H10Fe+. The average molecular weight is 246 g/mol. The van der Waals surface area contributed by atoms with Gasteiger partial charge in [0.05, 0.1) is 0 Å². The third-order valence-corrected chi connectivity index (χ3v) is 2.43. The Morgan fingerprint density at radius 2 is 1.19 bits per heavy atom. The molecule has 0 radical (unpaired) electrons. The fourth-order valence-corrected chi connectivity index (χ4v) is 1.70. The molecule has 0 nitrogen and oxygen atoms in total. The van der Waals surface area contributed by atoms with Crippen LogP contribution in [0.1, 0.15) is 11.1 Å². The number of hydrogen-bond donors (Lipinski definition) is 0. The van der Waals surface area contributed by atoms with E-state index in [4.69, 9.17) is 0 Å². The van der Waals surface area contributed by atoms with E-state index >= 15 is 0 Å². The summed E-state index contributed by atoms with van der Waals surface area (Å²) in [5.74, 6) is 0. The van der Waals surface area contributed by atoms with Crippen LogP contribution in [0.3, 0.4) is 0 Å². The molecule has 16 heavy (non-hydrogen) atoms. The third-order valence-electron chi connectivity index (χ3n) is 2.29. The predicted octanol–water partition coefficient (Wildman–Crippen LogP) is 3.22. The Morgan fingerprint density at radius 1 is 0.750 bits per heavy atom. The van der Waals surface area contributed by atoms with Crippen molar-refractivity contribution in [2.45, 2.75) is 0 Å². The van der Waals surface area contributed by atoms with Gasteiger partial charge in [-0.2, -0.15) is 0 Å². The van der Waals surface area contributed by atoms with Gasteiger partial charge in [0.2, 0.25) is 0 Å². The molecule has 2 rings (SSSR count). The molecule has 2 aromatic rings. The number of rotatable bonds is 2. The van der Waals surface area contributed by atoms with Gasteiger partial charge < -0.3 is 0 Å². The van der Waals surface area contributed by atoms with Crippen molar-refractivity contribution in [3.63, 3.8) is 0 Å². The third kappa shape index (κ3) is 2.49. The van der Waals surface area contributed by atoms with Gasteiger partial charge in [-0.05, 0) is 0 Å². The van der Waals surface area contributed by atoms with Crippen molar-refractivity contribution in [2.75, 3.05) is 0 Å². The summed E-state index contributed by atoms with van der Waals surface area (Å²) in [6, 6.07) is 20.3. The summed E-state index contributed by atoms with van der Waals surface area (Å²) >= 11 is 3.59. The molecule has 1 heteroatoms. The van der Waals surface area contributed by atoms with Crippen molar-refractivity contribution >= 4 is 10.1 Å². The first-order valence-corrected chi connectivity index (χ1v) is 5.55. The molecule has 2 aromatic carbocycles. The van der Waals surface area contributed by atoms with Crippen LogP contribution in [0.15, 0.2) is 66.4 Å². The summed E-state index contributed by atoms with van der Waals surface area (Å²) in [4.78, 5) is 0. The Kier molecular flexibility index (Phi) is 3.72. The molecule has 0 aliphatic heterocycles. The second-order valence-corrected chi connectivity index (χ2v) is 3.60. The topological polar surface area (TPSA) is 0 Å². The normalized spacial score (nSPS) is 9.00. The van der Waals surface area contributed by atoms with Crippen molar-refractivity contribution in [2.24, 2.45) is 0 Å². The van der Waals surface area contributed by atoms with E-state index in [2.05, 4.69) is 50.1 Å². The van der Waals surface area contributed by atoms with Gasteiger partial charge in [0.15, 0.2) is 0 Å². The second kappa shape index (κ2) is 5.47. The van der Waals surface area contributed by atoms with Crippen LogP contribution in [-0.4, -0.2) is 4.58 Å². The van der Waals surface area contributed by atoms with Crippen LogP contribution in [0.4, 0.5) is 0 Å². The molecule has 0 unspecified atom stereocenters. The minimum atomic E-state index is 1.02. The maximum absolute atomic E-state index is 3.59. The van der Waals surface area contributed by atoms with Crippen molar-refractivity contribution in [1.82, 2.24) is 0 Å². The van der Waals surface area contributed by atoms with Crippen molar-refractivity contribution in [3.8, 4) is 0 Å². The van der Waals surface area contributed by atoms with E-state index in [1.54, 1.807) is 0 Å². The molecule has 0 amide bonds. The van der Waals surface area contributed by atoms with Crippen LogP contribution in [0.2, 0.25) is 0 Å². The van der Waals surface area contributed by atoms with Crippen LogP contribution in [0.5, 0.6) is 0 Å². The zero-order valence-corrected chi connectivity index (χ0v) is 9.73. The Balaban J connectivity index is 2.58. The molecule has 0 saturated heterocycles. The predicted molar refractivity (Wildman–Crippen MR) is 63.9 cm³/mol. The van der Waals surface area contributed by atoms with Crippen LogP contribution < -0.4 is 0 Å². The molecular weight excluding hydrogens is 236 g/mol. The molecule has 0 atom stereocenters. The SMILES string of the molecule is [Fe+]=[C]=C=C(c1ccccc1)c1ccccc1. The maximum atomic E-state index is 3.59. The molecule has 0 N–H and O–H groups in total. The molecule has 0 bridgehead atoms. The van der Waals surface area contributed by atoms with Gasteiger partial charge in [-0.3, -0.25) is 0 Å². The average Bonchev–Trinajstić information content (AvgIpc) is 2.38. The first-order chi connectivity index (χ1) is 7.92. The molecule has 0 spiro atoms. The molecule has 77 valence electrons. The Hall–Kier alpha value is -1.61. The zero-order valence-electron chi connectivity index (χ0n) is 8.63. The monoisotopic (exact) mass is 246 g/mol. The molecule has 0 aliphatic rings. The van der Waals surface area contributed by atoms with Crippen LogP contribution >= 0.6 is 0 Å². The minimum absolute atomic E-state index is 1.02. The summed E-state index contributed by atoms with van der Waals surface area (Å²) in [7, 11) is 0. The van der Waals surface area contributed by atoms with E-state index in [0.717, 1.165) is 16.7 Å². The summed E-state index contributed by atoms with van der Waals surface area (Å²) in [5, 5.41) is 0.